The van der Waals surface area contributed by atoms with E-state index in [0.717, 1.165) is 11.1 Å². The topological polar surface area (TPSA) is 83.0 Å². The molecule has 1 aromatic heterocycles. The molecule has 2 N–H and O–H groups in total. The molecule has 3 rings (SSSR count). The number of esters is 1. The molecule has 0 radical (unpaired) electrons. The van der Waals surface area contributed by atoms with Crippen LogP contribution in [0, 0.1) is 0 Å². The molecule has 8 heteroatoms. The summed E-state index contributed by atoms with van der Waals surface area (Å²) in [6, 6.07) is 14.6. The van der Waals surface area contributed by atoms with Crippen molar-refractivity contribution in [2.45, 2.75) is 30.9 Å². The number of nitrogen functional groups attached to an aromatic ring is 1. The smallest absolute Gasteiger partial charge is 0.338 e. The summed E-state index contributed by atoms with van der Waals surface area (Å²) < 4.78 is 6.61. The zero-order valence-electron chi connectivity index (χ0n) is 14.9. The Kier molecular flexibility index (Phi) is 6.03. The zero-order chi connectivity index (χ0) is 19.4. The van der Waals surface area contributed by atoms with Gasteiger partial charge in [-0.15, -0.1) is 10.2 Å². The van der Waals surface area contributed by atoms with Crippen LogP contribution in [0.4, 0.5) is 0 Å². The fourth-order valence-corrected chi connectivity index (χ4v) is 3.40. The fourth-order valence-electron chi connectivity index (χ4n) is 2.37. The maximum atomic E-state index is 11.9. The second kappa shape index (κ2) is 8.45. The van der Waals surface area contributed by atoms with Gasteiger partial charge in [0.1, 0.15) is 0 Å². The van der Waals surface area contributed by atoms with Gasteiger partial charge < -0.3 is 10.6 Å². The van der Waals surface area contributed by atoms with Crippen molar-refractivity contribution in [1.29, 1.82) is 0 Å². The summed E-state index contributed by atoms with van der Waals surface area (Å²) in [6.07, 6.45) is -0.143. The minimum atomic E-state index is -0.324. The molecule has 6 nitrogen and oxygen atoms in total. The van der Waals surface area contributed by atoms with E-state index in [1.54, 1.807) is 18.2 Å². The first kappa shape index (κ1) is 19.3. The van der Waals surface area contributed by atoms with Crippen LogP contribution in [0.1, 0.15) is 29.8 Å². The SMILES string of the molecule is CC(C)OC(=O)c1ccc(CSc2nnc(-c3ccccc3Cl)n2N)cc1. The average molecular weight is 403 g/mol. The van der Waals surface area contributed by atoms with E-state index in [4.69, 9.17) is 22.2 Å². The van der Waals surface area contributed by atoms with E-state index in [1.807, 2.05) is 44.2 Å². The highest BCUT2D eigenvalue weighted by atomic mass is 35.5. The van der Waals surface area contributed by atoms with Crippen molar-refractivity contribution in [2.75, 3.05) is 5.84 Å². The minimum Gasteiger partial charge on any atom is -0.459 e. The number of carbonyl (C=O) groups is 1. The zero-order valence-corrected chi connectivity index (χ0v) is 16.5. The van der Waals surface area contributed by atoms with Crippen molar-refractivity contribution in [1.82, 2.24) is 14.9 Å². The number of rotatable bonds is 6. The Morgan fingerprint density at radius 1 is 1.19 bits per heavy atom. The largest absolute Gasteiger partial charge is 0.459 e. The van der Waals surface area contributed by atoms with E-state index >= 15 is 0 Å². The van der Waals surface area contributed by atoms with Crippen LogP contribution in [-0.2, 0) is 10.5 Å². The average Bonchev–Trinajstić information content (AvgIpc) is 3.01. The summed E-state index contributed by atoms with van der Waals surface area (Å²) in [5.74, 6) is 6.95. The molecule has 3 aromatic rings. The summed E-state index contributed by atoms with van der Waals surface area (Å²) >= 11 is 7.65. The third-order valence-corrected chi connectivity index (χ3v) is 5.02. The lowest BCUT2D eigenvalue weighted by atomic mass is 10.1. The standard InChI is InChI=1S/C19H19ClN4O2S/c1-12(2)26-18(25)14-9-7-13(8-10-14)11-27-19-23-22-17(24(19)21)15-5-3-4-6-16(15)20/h3-10,12H,11,21H2,1-2H3. The number of hydrogen-bond donors (Lipinski definition) is 1. The normalized spacial score (nSPS) is 11.0. The third-order valence-electron chi connectivity index (χ3n) is 3.68. The van der Waals surface area contributed by atoms with Crippen LogP contribution >= 0.6 is 23.4 Å². The predicted octanol–water partition coefficient (Wildman–Crippen LogP) is 4.17. The van der Waals surface area contributed by atoms with Gasteiger partial charge in [0.15, 0.2) is 5.82 Å². The van der Waals surface area contributed by atoms with Crippen molar-refractivity contribution >= 4 is 29.3 Å². The molecule has 0 aliphatic carbocycles. The highest BCUT2D eigenvalue weighted by Gasteiger charge is 2.15. The molecule has 0 saturated carbocycles. The Hall–Kier alpha value is -2.51. The van der Waals surface area contributed by atoms with Crippen LogP contribution in [0.5, 0.6) is 0 Å². The first-order chi connectivity index (χ1) is 13.0. The van der Waals surface area contributed by atoms with Gasteiger partial charge in [-0.05, 0) is 43.7 Å². The Morgan fingerprint density at radius 3 is 2.56 bits per heavy atom. The number of benzene rings is 2. The number of aromatic nitrogens is 3. The number of nitrogens with zero attached hydrogens (tertiary/aromatic N) is 3. The fraction of sp³-hybridized carbons (Fsp3) is 0.211. The first-order valence-electron chi connectivity index (χ1n) is 8.34. The number of thioether (sulfide) groups is 1. The number of hydrogen-bond acceptors (Lipinski definition) is 6. The van der Waals surface area contributed by atoms with Crippen molar-refractivity contribution < 1.29 is 9.53 Å². The molecule has 0 aliphatic rings. The summed E-state index contributed by atoms with van der Waals surface area (Å²) in [4.78, 5) is 11.9. The quantitative estimate of drug-likeness (QED) is 0.378. The van der Waals surface area contributed by atoms with Crippen molar-refractivity contribution in [2.24, 2.45) is 0 Å². The number of ether oxygens (including phenoxy) is 1. The van der Waals surface area contributed by atoms with Gasteiger partial charge in [0.25, 0.3) is 0 Å². The summed E-state index contributed by atoms with van der Waals surface area (Å²) in [6.45, 7) is 3.64. The molecule has 0 bridgehead atoms. The van der Waals surface area contributed by atoms with Crippen LogP contribution in [0.25, 0.3) is 11.4 Å². The molecule has 0 unspecified atom stereocenters. The van der Waals surface area contributed by atoms with Gasteiger partial charge in [0.2, 0.25) is 5.16 Å². The van der Waals surface area contributed by atoms with E-state index < -0.39 is 0 Å². The second-order valence-corrected chi connectivity index (χ2v) is 7.45. The molecule has 0 fully saturated rings. The lowest BCUT2D eigenvalue weighted by Gasteiger charge is -2.08. The molecule has 140 valence electrons. The van der Waals surface area contributed by atoms with Gasteiger partial charge in [-0.1, -0.05) is 47.6 Å². The van der Waals surface area contributed by atoms with E-state index in [0.29, 0.717) is 27.3 Å². The Morgan fingerprint density at radius 2 is 1.89 bits per heavy atom. The van der Waals surface area contributed by atoms with Crippen LogP contribution < -0.4 is 5.84 Å². The molecular weight excluding hydrogens is 384 g/mol. The molecule has 2 aromatic carbocycles. The number of carbonyl (C=O) groups excluding carboxylic acids is 1. The molecule has 27 heavy (non-hydrogen) atoms. The van der Waals surface area contributed by atoms with Crippen LogP contribution in [0.3, 0.4) is 0 Å². The maximum absolute atomic E-state index is 11.9. The van der Waals surface area contributed by atoms with Crippen LogP contribution in [0.15, 0.2) is 53.7 Å². The lowest BCUT2D eigenvalue weighted by Crippen LogP contribution is -2.12. The molecule has 1 heterocycles. The van der Waals surface area contributed by atoms with E-state index in [-0.39, 0.29) is 12.1 Å². The van der Waals surface area contributed by atoms with E-state index in [9.17, 15) is 4.79 Å². The Balaban J connectivity index is 1.67. The predicted molar refractivity (Wildman–Crippen MR) is 107 cm³/mol. The molecule has 0 atom stereocenters. The van der Waals surface area contributed by atoms with Gasteiger partial charge in [0.05, 0.1) is 16.7 Å². The molecule has 0 saturated heterocycles. The molecular formula is C19H19ClN4O2S. The highest BCUT2D eigenvalue weighted by Crippen LogP contribution is 2.28. The third kappa shape index (κ3) is 4.61. The molecule has 0 aliphatic heterocycles. The first-order valence-corrected chi connectivity index (χ1v) is 9.70. The Bertz CT molecular complexity index is 941. The van der Waals surface area contributed by atoms with Crippen molar-refractivity contribution in [3.63, 3.8) is 0 Å². The number of halogens is 1. The monoisotopic (exact) mass is 402 g/mol. The van der Waals surface area contributed by atoms with Gasteiger partial charge in [-0.25, -0.2) is 9.47 Å². The van der Waals surface area contributed by atoms with E-state index in [2.05, 4.69) is 10.2 Å². The summed E-state index contributed by atoms with van der Waals surface area (Å²) in [5.41, 5.74) is 2.29. The van der Waals surface area contributed by atoms with Gasteiger partial charge in [-0.2, -0.15) is 0 Å². The van der Waals surface area contributed by atoms with Gasteiger partial charge >= 0.3 is 5.97 Å². The second-order valence-electron chi connectivity index (χ2n) is 6.10. The minimum absolute atomic E-state index is 0.143. The summed E-state index contributed by atoms with van der Waals surface area (Å²) in [7, 11) is 0. The van der Waals surface area contributed by atoms with E-state index in [1.165, 1.54) is 16.4 Å². The van der Waals surface area contributed by atoms with Crippen LogP contribution in [-0.4, -0.2) is 26.9 Å². The van der Waals surface area contributed by atoms with Crippen LogP contribution in [0.2, 0.25) is 5.02 Å². The summed E-state index contributed by atoms with van der Waals surface area (Å²) in [5, 5.41) is 9.43. The number of nitrogens with two attached hydrogens (primary N) is 1. The van der Waals surface area contributed by atoms with Gasteiger partial charge in [0, 0.05) is 11.3 Å². The lowest BCUT2D eigenvalue weighted by molar-refractivity contribution is 0.0378. The molecule has 0 amide bonds. The molecule has 0 spiro atoms. The maximum Gasteiger partial charge on any atom is 0.338 e. The Labute approximate surface area is 166 Å². The van der Waals surface area contributed by atoms with Crippen molar-refractivity contribution in [3.05, 3.63) is 64.7 Å². The highest BCUT2D eigenvalue weighted by molar-refractivity contribution is 7.98. The van der Waals surface area contributed by atoms with Crippen molar-refractivity contribution in [3.8, 4) is 11.4 Å². The van der Waals surface area contributed by atoms with Gasteiger partial charge in [-0.3, -0.25) is 0 Å².